The van der Waals surface area contributed by atoms with E-state index in [1.54, 1.807) is 24.4 Å². The number of fused-ring (bicyclic) bond motifs is 1. The number of aromatic nitrogens is 3. The summed E-state index contributed by atoms with van der Waals surface area (Å²) in [5, 5.41) is 8.24. The van der Waals surface area contributed by atoms with E-state index in [4.69, 9.17) is 28.2 Å². The zero-order valence-corrected chi connectivity index (χ0v) is 17.1. The van der Waals surface area contributed by atoms with Gasteiger partial charge in [0.15, 0.2) is 0 Å². The molecule has 0 unspecified atom stereocenters. The number of rotatable bonds is 5. The van der Waals surface area contributed by atoms with Gasteiger partial charge >= 0.3 is 0 Å². The summed E-state index contributed by atoms with van der Waals surface area (Å²) >= 11 is 12.4. The maximum atomic E-state index is 12.6. The Hall–Kier alpha value is -2.48. The van der Waals surface area contributed by atoms with E-state index in [1.807, 2.05) is 16.7 Å². The predicted octanol–water partition coefficient (Wildman–Crippen LogP) is 3.36. The Morgan fingerprint density at radius 2 is 2.07 bits per heavy atom. The highest BCUT2D eigenvalue weighted by Gasteiger charge is 2.24. The molecule has 0 spiro atoms. The summed E-state index contributed by atoms with van der Waals surface area (Å²) in [6, 6.07) is 8.99. The number of piperidine rings is 1. The lowest BCUT2D eigenvalue weighted by molar-refractivity contribution is -0.121. The normalized spacial score (nSPS) is 15.2. The molecule has 0 radical (unpaired) electrons. The monoisotopic (exact) mass is 430 g/mol. The van der Waals surface area contributed by atoms with Gasteiger partial charge in [-0.25, -0.2) is 10.4 Å². The number of halogens is 2. The topological polar surface area (TPSA) is 84.2 Å². The minimum Gasteiger partial charge on any atom is -0.318 e. The van der Waals surface area contributed by atoms with Crippen LogP contribution in [0.5, 0.6) is 0 Å². The van der Waals surface area contributed by atoms with Gasteiger partial charge in [0.2, 0.25) is 0 Å². The van der Waals surface area contributed by atoms with Crippen molar-refractivity contribution in [3.63, 3.8) is 0 Å². The highest BCUT2D eigenvalue weighted by molar-refractivity contribution is 6.42. The fourth-order valence-electron chi connectivity index (χ4n) is 3.50. The molecule has 0 saturated carbocycles. The van der Waals surface area contributed by atoms with Crippen molar-refractivity contribution in [3.8, 4) is 0 Å². The highest BCUT2D eigenvalue weighted by atomic mass is 35.5. The van der Waals surface area contributed by atoms with E-state index in [-0.39, 0.29) is 18.4 Å². The number of amides is 1. The number of imidazole rings is 1. The number of carbonyl (C=O) groups excluding carboxylic acids is 1. The fourth-order valence-corrected chi connectivity index (χ4v) is 3.81. The molecule has 4 rings (SSSR count). The molecule has 2 aromatic heterocycles. The maximum absolute atomic E-state index is 12.6. The van der Waals surface area contributed by atoms with Crippen molar-refractivity contribution in [2.75, 3.05) is 13.1 Å². The van der Waals surface area contributed by atoms with Crippen molar-refractivity contribution < 1.29 is 4.79 Å². The third-order valence-corrected chi connectivity index (χ3v) is 5.62. The summed E-state index contributed by atoms with van der Waals surface area (Å²) in [6.45, 7) is 1.94. The lowest BCUT2D eigenvalue weighted by atomic mass is 9.97. The number of hydrogen-bond donors (Lipinski definition) is 2. The van der Waals surface area contributed by atoms with Gasteiger partial charge in [-0.15, -0.1) is 0 Å². The van der Waals surface area contributed by atoms with Gasteiger partial charge in [-0.2, -0.15) is 5.10 Å². The average Bonchev–Trinajstić information content (AvgIpc) is 3.07. The van der Waals surface area contributed by atoms with E-state index >= 15 is 0 Å². The van der Waals surface area contributed by atoms with E-state index in [0.29, 0.717) is 15.7 Å². The van der Waals surface area contributed by atoms with Crippen LogP contribution < -0.4 is 10.7 Å². The van der Waals surface area contributed by atoms with Gasteiger partial charge in [0, 0.05) is 12.1 Å². The molecule has 0 aliphatic carbocycles. The summed E-state index contributed by atoms with van der Waals surface area (Å²) in [5.74, 6) is 0.896. The largest absolute Gasteiger partial charge is 0.318 e. The van der Waals surface area contributed by atoms with Crippen LogP contribution in [-0.2, 0) is 11.3 Å². The van der Waals surface area contributed by atoms with Gasteiger partial charge in [-0.1, -0.05) is 29.3 Å². The van der Waals surface area contributed by atoms with Crippen LogP contribution in [0.15, 0.2) is 41.6 Å². The Kier molecular flexibility index (Phi) is 6.08. The van der Waals surface area contributed by atoms with Crippen molar-refractivity contribution in [2.45, 2.75) is 25.3 Å². The second-order valence-electron chi connectivity index (χ2n) is 6.88. The first-order valence-corrected chi connectivity index (χ1v) is 10.2. The Morgan fingerprint density at radius 3 is 2.83 bits per heavy atom. The number of nitrogens with zero attached hydrogens (tertiary/aromatic N) is 4. The summed E-state index contributed by atoms with van der Waals surface area (Å²) < 4.78 is 1.92. The number of pyridine rings is 1. The molecule has 1 aliphatic rings. The van der Waals surface area contributed by atoms with E-state index in [0.717, 1.165) is 42.8 Å². The van der Waals surface area contributed by atoms with Crippen LogP contribution in [0.25, 0.3) is 11.0 Å². The first-order chi connectivity index (χ1) is 14.1. The molecule has 29 heavy (non-hydrogen) atoms. The first kappa shape index (κ1) is 19.8. The van der Waals surface area contributed by atoms with Crippen molar-refractivity contribution in [3.05, 3.63) is 58.1 Å². The molecule has 1 aromatic carbocycles. The summed E-state index contributed by atoms with van der Waals surface area (Å²) in [4.78, 5) is 21.5. The molecular weight excluding hydrogens is 411 g/mol. The van der Waals surface area contributed by atoms with E-state index in [9.17, 15) is 4.79 Å². The van der Waals surface area contributed by atoms with Gasteiger partial charge < -0.3 is 9.88 Å². The Labute approximate surface area is 178 Å². The van der Waals surface area contributed by atoms with E-state index in [2.05, 4.69) is 20.8 Å². The van der Waals surface area contributed by atoms with Crippen LogP contribution in [0.1, 0.15) is 30.3 Å². The molecule has 2 N–H and O–H groups in total. The number of nitrogens with one attached hydrogen (secondary N) is 2. The van der Waals surface area contributed by atoms with Crippen molar-refractivity contribution >= 4 is 46.4 Å². The van der Waals surface area contributed by atoms with E-state index < -0.39 is 0 Å². The molecule has 0 atom stereocenters. The third kappa shape index (κ3) is 4.58. The predicted molar refractivity (Wildman–Crippen MR) is 115 cm³/mol. The van der Waals surface area contributed by atoms with Gasteiger partial charge in [0.05, 0.1) is 33.0 Å². The highest BCUT2D eigenvalue weighted by Crippen LogP contribution is 2.32. The third-order valence-electron chi connectivity index (χ3n) is 4.90. The van der Waals surface area contributed by atoms with Gasteiger partial charge in [-0.3, -0.25) is 9.78 Å². The lowest BCUT2D eigenvalue weighted by Crippen LogP contribution is -2.30. The van der Waals surface area contributed by atoms with Gasteiger partial charge in [-0.05, 0) is 50.2 Å². The molecule has 150 valence electrons. The quantitative estimate of drug-likeness (QED) is 0.480. The van der Waals surface area contributed by atoms with Crippen LogP contribution >= 0.6 is 23.2 Å². The Morgan fingerprint density at radius 1 is 1.28 bits per heavy atom. The molecule has 1 fully saturated rings. The Bertz CT molecular complexity index is 1040. The maximum Gasteiger partial charge on any atom is 0.260 e. The fraction of sp³-hybridized carbons (Fsp3) is 0.300. The second-order valence-corrected chi connectivity index (χ2v) is 7.70. The molecule has 1 saturated heterocycles. The number of benzene rings is 1. The standard InChI is InChI=1S/C20H20Cl2N6O/c21-15-9-17-18(10-16(15)22)28(20(26-17)13-4-7-23-8-5-13)12-19(29)27-25-11-14-3-1-2-6-24-14/h1-3,6,9-11,13,23H,4-5,7-8,12H2,(H,27,29)/b25-11+. The lowest BCUT2D eigenvalue weighted by Gasteiger charge is -2.23. The average molecular weight is 431 g/mol. The minimum absolute atomic E-state index is 0.0906. The number of carbonyl (C=O) groups is 1. The van der Waals surface area contributed by atoms with Crippen LogP contribution in [-0.4, -0.2) is 39.7 Å². The molecule has 1 amide bonds. The van der Waals surface area contributed by atoms with Crippen LogP contribution in [0.4, 0.5) is 0 Å². The molecule has 3 heterocycles. The van der Waals surface area contributed by atoms with Gasteiger partial charge in [0.25, 0.3) is 5.91 Å². The van der Waals surface area contributed by atoms with Crippen molar-refractivity contribution in [2.24, 2.45) is 5.10 Å². The number of hydrogen-bond acceptors (Lipinski definition) is 5. The molecule has 3 aromatic rings. The molecule has 1 aliphatic heterocycles. The van der Waals surface area contributed by atoms with Crippen LogP contribution in [0, 0.1) is 0 Å². The molecule has 7 nitrogen and oxygen atoms in total. The Balaban J connectivity index is 1.59. The van der Waals surface area contributed by atoms with Crippen molar-refractivity contribution in [1.82, 2.24) is 25.3 Å². The number of hydrazone groups is 1. The van der Waals surface area contributed by atoms with Crippen LogP contribution in [0.3, 0.4) is 0 Å². The smallest absolute Gasteiger partial charge is 0.260 e. The molecular formula is C20H20Cl2N6O. The zero-order chi connectivity index (χ0) is 20.2. The summed E-state index contributed by atoms with van der Waals surface area (Å²) in [7, 11) is 0. The van der Waals surface area contributed by atoms with E-state index in [1.165, 1.54) is 6.21 Å². The summed E-state index contributed by atoms with van der Waals surface area (Å²) in [6.07, 6.45) is 5.10. The molecule has 0 bridgehead atoms. The first-order valence-electron chi connectivity index (χ1n) is 9.40. The second kappa shape index (κ2) is 8.90. The van der Waals surface area contributed by atoms with Crippen LogP contribution in [0.2, 0.25) is 10.0 Å². The molecule has 9 heteroatoms. The SMILES string of the molecule is O=C(Cn1c(C2CCNCC2)nc2cc(Cl)c(Cl)cc21)N/N=C/c1ccccn1. The summed E-state index contributed by atoms with van der Waals surface area (Å²) in [5.41, 5.74) is 4.75. The minimum atomic E-state index is -0.252. The van der Waals surface area contributed by atoms with Crippen molar-refractivity contribution in [1.29, 1.82) is 0 Å². The van der Waals surface area contributed by atoms with Gasteiger partial charge in [0.1, 0.15) is 12.4 Å². The zero-order valence-electron chi connectivity index (χ0n) is 15.6.